The van der Waals surface area contributed by atoms with Crippen molar-refractivity contribution in [2.45, 2.75) is 6.61 Å². The van der Waals surface area contributed by atoms with Gasteiger partial charge in [0, 0.05) is 4.47 Å². The molecular formula is C14H10BrClO5. The summed E-state index contributed by atoms with van der Waals surface area (Å²) in [6.07, 6.45) is 0. The van der Waals surface area contributed by atoms with Gasteiger partial charge in [0.05, 0.1) is 17.7 Å². The number of carbonyl (C=O) groups is 2. The van der Waals surface area contributed by atoms with E-state index >= 15 is 0 Å². The number of methoxy groups -OCH3 is 1. The molecule has 0 spiro atoms. The first-order chi connectivity index (χ1) is 10.0. The van der Waals surface area contributed by atoms with Crippen LogP contribution < -0.4 is 0 Å². The molecule has 0 aliphatic carbocycles. The molecule has 0 saturated carbocycles. The second kappa shape index (κ2) is 6.78. The average molecular weight is 374 g/mol. The molecular weight excluding hydrogens is 364 g/mol. The Balaban J connectivity index is 2.02. The summed E-state index contributed by atoms with van der Waals surface area (Å²) in [6.45, 7) is -0.112. The van der Waals surface area contributed by atoms with E-state index in [-0.39, 0.29) is 23.0 Å². The summed E-state index contributed by atoms with van der Waals surface area (Å²) in [5.74, 6) is -0.807. The van der Waals surface area contributed by atoms with Crippen LogP contribution in [0.3, 0.4) is 0 Å². The van der Waals surface area contributed by atoms with Crippen molar-refractivity contribution in [1.82, 2.24) is 0 Å². The van der Waals surface area contributed by atoms with E-state index in [2.05, 4.69) is 20.7 Å². The Morgan fingerprint density at radius 2 is 2.00 bits per heavy atom. The highest BCUT2D eigenvalue weighted by atomic mass is 79.9. The first-order valence-corrected chi connectivity index (χ1v) is 6.97. The summed E-state index contributed by atoms with van der Waals surface area (Å²) in [7, 11) is 1.25. The number of ether oxygens (including phenoxy) is 2. The number of esters is 2. The summed E-state index contributed by atoms with van der Waals surface area (Å²) in [5, 5.41) is 0.290. The molecule has 0 amide bonds. The number of rotatable bonds is 4. The molecule has 0 N–H and O–H groups in total. The minimum Gasteiger partial charge on any atom is -0.463 e. The number of hydrogen-bond donors (Lipinski definition) is 0. The topological polar surface area (TPSA) is 65.7 Å². The molecule has 1 heterocycles. The molecule has 0 saturated heterocycles. The van der Waals surface area contributed by atoms with Crippen molar-refractivity contribution in [2.24, 2.45) is 0 Å². The second-order valence-corrected chi connectivity index (χ2v) is 5.28. The smallest absolute Gasteiger partial charge is 0.373 e. The number of benzene rings is 1. The summed E-state index contributed by atoms with van der Waals surface area (Å²) >= 11 is 9.18. The molecule has 7 heteroatoms. The van der Waals surface area contributed by atoms with Gasteiger partial charge in [-0.3, -0.25) is 0 Å². The molecule has 0 atom stereocenters. The van der Waals surface area contributed by atoms with E-state index in [4.69, 9.17) is 20.8 Å². The first-order valence-electron chi connectivity index (χ1n) is 5.80. The van der Waals surface area contributed by atoms with Gasteiger partial charge in [0.1, 0.15) is 12.4 Å². The SMILES string of the molecule is COC(=O)c1ccc(COC(=O)c2cc(Br)ccc2Cl)o1. The molecule has 21 heavy (non-hydrogen) atoms. The maximum Gasteiger partial charge on any atom is 0.373 e. The fraction of sp³-hybridized carbons (Fsp3) is 0.143. The quantitative estimate of drug-likeness (QED) is 0.762. The Kier molecular flexibility index (Phi) is 5.03. The minimum absolute atomic E-state index is 0.0454. The van der Waals surface area contributed by atoms with Gasteiger partial charge in [-0.25, -0.2) is 9.59 Å². The van der Waals surface area contributed by atoms with Gasteiger partial charge >= 0.3 is 11.9 Å². The van der Waals surface area contributed by atoms with Crippen LogP contribution in [-0.4, -0.2) is 19.0 Å². The number of furan rings is 1. The zero-order valence-corrected chi connectivity index (χ0v) is 13.2. The fourth-order valence-electron chi connectivity index (χ4n) is 1.53. The van der Waals surface area contributed by atoms with Crippen LogP contribution in [0.25, 0.3) is 0 Å². The molecule has 2 aromatic rings. The van der Waals surface area contributed by atoms with Crippen molar-refractivity contribution < 1.29 is 23.5 Å². The van der Waals surface area contributed by atoms with Gasteiger partial charge in [0.15, 0.2) is 0 Å². The van der Waals surface area contributed by atoms with Crippen LogP contribution in [0.5, 0.6) is 0 Å². The zero-order chi connectivity index (χ0) is 15.4. The van der Waals surface area contributed by atoms with E-state index < -0.39 is 11.9 Å². The van der Waals surface area contributed by atoms with E-state index in [1.165, 1.54) is 19.2 Å². The number of hydrogen-bond acceptors (Lipinski definition) is 5. The second-order valence-electron chi connectivity index (χ2n) is 3.96. The molecule has 1 aromatic heterocycles. The van der Waals surface area contributed by atoms with Gasteiger partial charge in [-0.05, 0) is 30.3 Å². The highest BCUT2D eigenvalue weighted by molar-refractivity contribution is 9.10. The summed E-state index contributed by atoms with van der Waals surface area (Å²) in [6, 6.07) is 7.84. The van der Waals surface area contributed by atoms with Gasteiger partial charge in [-0.1, -0.05) is 27.5 Å². The third-order valence-electron chi connectivity index (χ3n) is 2.54. The maximum atomic E-state index is 11.9. The Morgan fingerprint density at radius 1 is 1.24 bits per heavy atom. The highest BCUT2D eigenvalue weighted by Crippen LogP contribution is 2.22. The van der Waals surface area contributed by atoms with E-state index in [9.17, 15) is 9.59 Å². The lowest BCUT2D eigenvalue weighted by Crippen LogP contribution is -2.05. The average Bonchev–Trinajstić information content (AvgIpc) is 2.95. The van der Waals surface area contributed by atoms with Crippen molar-refractivity contribution in [1.29, 1.82) is 0 Å². The molecule has 0 fully saturated rings. The molecule has 1 aromatic carbocycles. The summed E-state index contributed by atoms with van der Waals surface area (Å²) in [5.41, 5.74) is 0.241. The minimum atomic E-state index is -0.595. The van der Waals surface area contributed by atoms with E-state index in [1.807, 2.05) is 0 Å². The van der Waals surface area contributed by atoms with Crippen LogP contribution in [0.15, 0.2) is 39.2 Å². The van der Waals surface area contributed by atoms with Crippen molar-refractivity contribution in [3.05, 3.63) is 56.9 Å². The first kappa shape index (κ1) is 15.6. The molecule has 0 unspecified atom stereocenters. The van der Waals surface area contributed by atoms with Crippen LogP contribution in [-0.2, 0) is 16.1 Å². The Hall–Kier alpha value is -1.79. The van der Waals surface area contributed by atoms with Crippen LogP contribution >= 0.6 is 27.5 Å². The van der Waals surface area contributed by atoms with Gasteiger partial charge in [-0.15, -0.1) is 0 Å². The largest absolute Gasteiger partial charge is 0.463 e. The van der Waals surface area contributed by atoms with E-state index in [1.54, 1.807) is 18.2 Å². The number of halogens is 2. The molecule has 0 aliphatic heterocycles. The molecule has 0 bridgehead atoms. The van der Waals surface area contributed by atoms with Crippen LogP contribution in [0.2, 0.25) is 5.02 Å². The molecule has 2 rings (SSSR count). The molecule has 0 radical (unpaired) electrons. The van der Waals surface area contributed by atoms with Gasteiger partial charge in [0.2, 0.25) is 5.76 Å². The number of carbonyl (C=O) groups excluding carboxylic acids is 2. The Morgan fingerprint density at radius 3 is 2.71 bits per heavy atom. The lowest BCUT2D eigenvalue weighted by Gasteiger charge is -2.05. The lowest BCUT2D eigenvalue weighted by molar-refractivity contribution is 0.0438. The van der Waals surface area contributed by atoms with Crippen molar-refractivity contribution in [2.75, 3.05) is 7.11 Å². The molecule has 5 nitrogen and oxygen atoms in total. The van der Waals surface area contributed by atoms with E-state index in [0.717, 1.165) is 0 Å². The van der Waals surface area contributed by atoms with E-state index in [0.29, 0.717) is 10.2 Å². The van der Waals surface area contributed by atoms with Crippen LogP contribution in [0, 0.1) is 0 Å². The van der Waals surface area contributed by atoms with Gasteiger partial charge < -0.3 is 13.9 Å². The Labute approximate surface area is 133 Å². The lowest BCUT2D eigenvalue weighted by atomic mass is 10.2. The summed E-state index contributed by atoms with van der Waals surface area (Å²) < 4.78 is 15.5. The van der Waals surface area contributed by atoms with Crippen molar-refractivity contribution in [3.8, 4) is 0 Å². The van der Waals surface area contributed by atoms with Crippen LogP contribution in [0.1, 0.15) is 26.7 Å². The predicted octanol–water partition coefficient (Wildman–Crippen LogP) is 3.84. The monoisotopic (exact) mass is 372 g/mol. The Bertz CT molecular complexity index is 680. The third-order valence-corrected chi connectivity index (χ3v) is 3.36. The normalized spacial score (nSPS) is 10.2. The third kappa shape index (κ3) is 3.86. The standard InChI is InChI=1S/C14H10BrClO5/c1-19-14(18)12-5-3-9(21-12)7-20-13(17)10-6-8(15)2-4-11(10)16/h2-6H,7H2,1H3. The van der Waals surface area contributed by atoms with Gasteiger partial charge in [-0.2, -0.15) is 0 Å². The fourth-order valence-corrected chi connectivity index (χ4v) is 2.09. The maximum absolute atomic E-state index is 11.9. The molecule has 110 valence electrons. The van der Waals surface area contributed by atoms with Gasteiger partial charge in [0.25, 0.3) is 0 Å². The zero-order valence-electron chi connectivity index (χ0n) is 10.9. The predicted molar refractivity (Wildman–Crippen MR) is 78.3 cm³/mol. The van der Waals surface area contributed by atoms with Crippen molar-refractivity contribution in [3.63, 3.8) is 0 Å². The van der Waals surface area contributed by atoms with Crippen LogP contribution in [0.4, 0.5) is 0 Å². The highest BCUT2D eigenvalue weighted by Gasteiger charge is 2.15. The van der Waals surface area contributed by atoms with Crippen molar-refractivity contribution >= 4 is 39.5 Å². The summed E-state index contributed by atoms with van der Waals surface area (Å²) in [4.78, 5) is 23.1. The molecule has 0 aliphatic rings.